The molecule has 0 saturated carbocycles. The van der Waals surface area contributed by atoms with Gasteiger partial charge in [0.1, 0.15) is 18.2 Å². The lowest BCUT2D eigenvalue weighted by Crippen LogP contribution is -2.44. The second-order valence-corrected chi connectivity index (χ2v) is 6.61. The lowest BCUT2D eigenvalue weighted by atomic mass is 10.2. The van der Waals surface area contributed by atoms with Crippen molar-refractivity contribution in [3.8, 4) is 5.75 Å². The zero-order valence-electron chi connectivity index (χ0n) is 13.7. The summed E-state index contributed by atoms with van der Waals surface area (Å²) < 4.78 is 18.6. The third kappa shape index (κ3) is 4.43. The van der Waals surface area contributed by atoms with Crippen LogP contribution >= 0.6 is 0 Å². The van der Waals surface area contributed by atoms with E-state index in [9.17, 15) is 9.50 Å². The highest BCUT2D eigenvalue weighted by atomic mass is 19.1. The van der Waals surface area contributed by atoms with E-state index in [-0.39, 0.29) is 12.4 Å². The summed E-state index contributed by atoms with van der Waals surface area (Å²) in [6, 6.07) is 7.12. The number of likely N-dealkylation sites (tertiary alicyclic amines) is 2. The minimum absolute atomic E-state index is 0.235. The molecule has 4 nitrogen and oxygen atoms in total. The quantitative estimate of drug-likeness (QED) is 0.834. The number of hydrogen-bond donors (Lipinski definition) is 1. The normalized spacial score (nSPS) is 26.0. The van der Waals surface area contributed by atoms with Crippen LogP contribution in [-0.4, -0.2) is 66.4 Å². The van der Waals surface area contributed by atoms with Crippen LogP contribution in [0.3, 0.4) is 0 Å². The molecule has 128 valence electrons. The summed E-state index contributed by atoms with van der Waals surface area (Å²) in [5.41, 5.74) is 0. The Hall–Kier alpha value is -1.17. The molecule has 1 aromatic rings. The zero-order valence-corrected chi connectivity index (χ0v) is 13.7. The molecule has 2 heterocycles. The van der Waals surface area contributed by atoms with Crippen molar-refractivity contribution >= 4 is 0 Å². The van der Waals surface area contributed by atoms with E-state index in [1.807, 2.05) is 0 Å². The van der Waals surface area contributed by atoms with Gasteiger partial charge in [0.2, 0.25) is 0 Å². The summed E-state index contributed by atoms with van der Waals surface area (Å²) in [5, 5.41) is 9.46. The van der Waals surface area contributed by atoms with E-state index in [4.69, 9.17) is 4.74 Å². The largest absolute Gasteiger partial charge is 0.492 e. The van der Waals surface area contributed by atoms with Crippen LogP contribution in [-0.2, 0) is 0 Å². The fourth-order valence-corrected chi connectivity index (χ4v) is 3.82. The molecule has 0 aromatic heterocycles. The Labute approximate surface area is 137 Å². The average molecular weight is 322 g/mol. The molecule has 1 N–H and O–H groups in total. The average Bonchev–Trinajstić information content (AvgIpc) is 3.19. The number of benzene rings is 1. The number of nitrogens with zero attached hydrogens (tertiary/aromatic N) is 2. The van der Waals surface area contributed by atoms with Gasteiger partial charge in [-0.15, -0.1) is 0 Å². The van der Waals surface area contributed by atoms with E-state index >= 15 is 0 Å². The zero-order chi connectivity index (χ0) is 16.1. The van der Waals surface area contributed by atoms with Gasteiger partial charge in [-0.1, -0.05) is 0 Å². The van der Waals surface area contributed by atoms with Gasteiger partial charge in [-0.3, -0.25) is 9.80 Å². The third-order valence-electron chi connectivity index (χ3n) is 5.12. The number of rotatable bonds is 7. The van der Waals surface area contributed by atoms with Crippen molar-refractivity contribution in [2.45, 2.75) is 37.8 Å². The van der Waals surface area contributed by atoms with Gasteiger partial charge in [0, 0.05) is 25.2 Å². The molecule has 5 heteroatoms. The Bertz CT molecular complexity index is 482. The third-order valence-corrected chi connectivity index (χ3v) is 5.12. The molecule has 2 aliphatic rings. The monoisotopic (exact) mass is 322 g/mol. The maximum atomic E-state index is 12.9. The first-order valence-electron chi connectivity index (χ1n) is 8.73. The molecule has 0 aliphatic carbocycles. The maximum absolute atomic E-state index is 12.9. The molecule has 0 amide bonds. The SMILES string of the molecule is OC[C@H]1CCCN1C[C@@H]1CCCN1CCOc1ccc(F)cc1. The highest BCUT2D eigenvalue weighted by molar-refractivity contribution is 5.21. The molecule has 23 heavy (non-hydrogen) atoms. The van der Waals surface area contributed by atoms with Crippen LogP contribution in [0.25, 0.3) is 0 Å². The van der Waals surface area contributed by atoms with Gasteiger partial charge in [-0.05, 0) is 63.0 Å². The number of aliphatic hydroxyl groups excluding tert-OH is 1. The summed E-state index contributed by atoms with van der Waals surface area (Å²) in [6.45, 7) is 5.10. The molecule has 2 atom stereocenters. The summed E-state index contributed by atoms with van der Waals surface area (Å²) in [6.07, 6.45) is 4.78. The van der Waals surface area contributed by atoms with Crippen LogP contribution in [0.5, 0.6) is 5.75 Å². The Morgan fingerprint density at radius 1 is 1.04 bits per heavy atom. The minimum atomic E-state index is -0.235. The van der Waals surface area contributed by atoms with Crippen LogP contribution < -0.4 is 4.74 Å². The Morgan fingerprint density at radius 2 is 1.74 bits per heavy atom. The van der Waals surface area contributed by atoms with Crippen molar-refractivity contribution in [1.29, 1.82) is 0 Å². The van der Waals surface area contributed by atoms with Gasteiger partial charge in [0.25, 0.3) is 0 Å². The maximum Gasteiger partial charge on any atom is 0.123 e. The van der Waals surface area contributed by atoms with Crippen molar-refractivity contribution in [2.24, 2.45) is 0 Å². The highest BCUT2D eigenvalue weighted by Gasteiger charge is 2.30. The van der Waals surface area contributed by atoms with E-state index in [1.54, 1.807) is 12.1 Å². The molecule has 1 aromatic carbocycles. The smallest absolute Gasteiger partial charge is 0.123 e. The molecule has 0 unspecified atom stereocenters. The molecule has 2 fully saturated rings. The summed E-state index contributed by atoms with van der Waals surface area (Å²) in [5.74, 6) is 0.489. The van der Waals surface area contributed by atoms with Crippen molar-refractivity contribution in [2.75, 3.05) is 39.4 Å². The van der Waals surface area contributed by atoms with Crippen molar-refractivity contribution in [3.05, 3.63) is 30.1 Å². The second-order valence-electron chi connectivity index (χ2n) is 6.61. The topological polar surface area (TPSA) is 35.9 Å². The van der Waals surface area contributed by atoms with Crippen LogP contribution in [0.15, 0.2) is 24.3 Å². The lowest BCUT2D eigenvalue weighted by Gasteiger charge is -2.31. The van der Waals surface area contributed by atoms with E-state index in [1.165, 1.54) is 31.4 Å². The van der Waals surface area contributed by atoms with Crippen molar-refractivity contribution < 1.29 is 14.2 Å². The Kier molecular flexibility index (Phi) is 5.86. The van der Waals surface area contributed by atoms with Crippen LogP contribution in [0.2, 0.25) is 0 Å². The van der Waals surface area contributed by atoms with E-state index in [0.29, 0.717) is 18.7 Å². The molecule has 0 radical (unpaired) electrons. The summed E-state index contributed by atoms with van der Waals surface area (Å²) in [7, 11) is 0. The van der Waals surface area contributed by atoms with Gasteiger partial charge in [-0.25, -0.2) is 4.39 Å². The number of hydrogen-bond acceptors (Lipinski definition) is 4. The molecule has 2 aliphatic heterocycles. The molecule has 0 spiro atoms. The van der Waals surface area contributed by atoms with Crippen LogP contribution in [0.1, 0.15) is 25.7 Å². The van der Waals surface area contributed by atoms with Gasteiger partial charge >= 0.3 is 0 Å². The van der Waals surface area contributed by atoms with Crippen molar-refractivity contribution in [1.82, 2.24) is 9.80 Å². The van der Waals surface area contributed by atoms with Gasteiger partial charge in [0.05, 0.1) is 6.61 Å². The standard InChI is InChI=1S/C18H27FN2O2/c19-15-5-7-18(8-6-15)23-12-11-20-9-1-3-16(20)13-21-10-2-4-17(21)14-22/h5-8,16-17,22H,1-4,9-14H2/t16-,17+/m0/s1. The fraction of sp³-hybridized carbons (Fsp3) is 0.667. The summed E-state index contributed by atoms with van der Waals surface area (Å²) in [4.78, 5) is 4.94. The van der Waals surface area contributed by atoms with Gasteiger partial charge in [-0.2, -0.15) is 0 Å². The minimum Gasteiger partial charge on any atom is -0.492 e. The number of halogens is 1. The van der Waals surface area contributed by atoms with Gasteiger partial charge < -0.3 is 9.84 Å². The van der Waals surface area contributed by atoms with Gasteiger partial charge in [0.15, 0.2) is 0 Å². The predicted molar refractivity (Wildman–Crippen MR) is 88.2 cm³/mol. The van der Waals surface area contributed by atoms with E-state index in [2.05, 4.69) is 9.80 Å². The molecule has 2 saturated heterocycles. The van der Waals surface area contributed by atoms with E-state index in [0.717, 1.165) is 38.3 Å². The summed E-state index contributed by atoms with van der Waals surface area (Å²) >= 11 is 0. The van der Waals surface area contributed by atoms with Crippen LogP contribution in [0.4, 0.5) is 4.39 Å². The molecule has 0 bridgehead atoms. The molecule has 3 rings (SSSR count). The Morgan fingerprint density at radius 3 is 2.48 bits per heavy atom. The highest BCUT2D eigenvalue weighted by Crippen LogP contribution is 2.23. The molecular formula is C18H27FN2O2. The fourth-order valence-electron chi connectivity index (χ4n) is 3.82. The first-order valence-corrected chi connectivity index (χ1v) is 8.73. The molecular weight excluding hydrogens is 295 g/mol. The predicted octanol–water partition coefficient (Wildman–Crippen LogP) is 2.13. The van der Waals surface area contributed by atoms with Crippen molar-refractivity contribution in [3.63, 3.8) is 0 Å². The first-order chi connectivity index (χ1) is 11.3. The van der Waals surface area contributed by atoms with E-state index < -0.39 is 0 Å². The van der Waals surface area contributed by atoms with Crippen LogP contribution in [0, 0.1) is 5.82 Å². The lowest BCUT2D eigenvalue weighted by molar-refractivity contribution is 0.115. The first kappa shape index (κ1) is 16.7. The number of ether oxygens (including phenoxy) is 1. The second kappa shape index (κ2) is 8.08. The number of aliphatic hydroxyl groups is 1. The Balaban J connectivity index is 1.44.